The standard InChI is InChI=1S/C14H15BrN2/c1-10(11-6-7-11)17-9-12(8-16-17)13-4-2-3-5-14(13)15/h2-5,8-11H,6-7H2,1H3. The van der Waals surface area contributed by atoms with Crippen LogP contribution in [0.4, 0.5) is 0 Å². The molecule has 0 aliphatic heterocycles. The number of hydrogen-bond donors (Lipinski definition) is 0. The molecule has 0 spiro atoms. The number of hydrogen-bond acceptors (Lipinski definition) is 1. The first-order valence-electron chi connectivity index (χ1n) is 6.05. The Morgan fingerprint density at radius 3 is 2.82 bits per heavy atom. The highest BCUT2D eigenvalue weighted by Gasteiger charge is 2.29. The summed E-state index contributed by atoms with van der Waals surface area (Å²) in [4.78, 5) is 0. The second-order valence-corrected chi connectivity index (χ2v) is 5.62. The van der Waals surface area contributed by atoms with E-state index in [4.69, 9.17) is 0 Å². The fourth-order valence-electron chi connectivity index (χ4n) is 2.19. The molecular formula is C14H15BrN2. The Hall–Kier alpha value is -1.09. The molecule has 2 aromatic rings. The maximum atomic E-state index is 4.49. The van der Waals surface area contributed by atoms with Gasteiger partial charge in [0.25, 0.3) is 0 Å². The lowest BCUT2D eigenvalue weighted by Gasteiger charge is -2.09. The molecule has 2 nitrogen and oxygen atoms in total. The molecule has 1 unspecified atom stereocenters. The molecule has 1 aromatic carbocycles. The molecule has 88 valence electrons. The van der Waals surface area contributed by atoms with E-state index in [9.17, 15) is 0 Å². The van der Waals surface area contributed by atoms with Crippen LogP contribution in [0.1, 0.15) is 25.8 Å². The zero-order valence-corrected chi connectivity index (χ0v) is 11.4. The van der Waals surface area contributed by atoms with Gasteiger partial charge in [-0.3, -0.25) is 4.68 Å². The van der Waals surface area contributed by atoms with E-state index in [0.717, 1.165) is 10.4 Å². The number of halogens is 1. The van der Waals surface area contributed by atoms with Crippen LogP contribution < -0.4 is 0 Å². The van der Waals surface area contributed by atoms with Crippen molar-refractivity contribution in [1.29, 1.82) is 0 Å². The van der Waals surface area contributed by atoms with Gasteiger partial charge in [-0.1, -0.05) is 34.1 Å². The van der Waals surface area contributed by atoms with Crippen LogP contribution in [-0.2, 0) is 0 Å². The molecule has 1 aliphatic rings. The maximum Gasteiger partial charge on any atom is 0.0568 e. The average Bonchev–Trinajstić information content (AvgIpc) is 3.07. The molecule has 1 atom stereocenters. The van der Waals surface area contributed by atoms with Gasteiger partial charge in [-0.2, -0.15) is 5.10 Å². The minimum absolute atomic E-state index is 0.534. The number of benzene rings is 1. The van der Waals surface area contributed by atoms with E-state index >= 15 is 0 Å². The first-order valence-corrected chi connectivity index (χ1v) is 6.84. The molecule has 3 heteroatoms. The largest absolute Gasteiger partial charge is 0.269 e. The van der Waals surface area contributed by atoms with Crippen LogP contribution in [0.25, 0.3) is 11.1 Å². The molecule has 0 amide bonds. The number of aromatic nitrogens is 2. The van der Waals surface area contributed by atoms with Gasteiger partial charge in [0.15, 0.2) is 0 Å². The Morgan fingerprint density at radius 1 is 1.35 bits per heavy atom. The Bertz CT molecular complexity index is 529. The van der Waals surface area contributed by atoms with Crippen molar-refractivity contribution in [3.05, 3.63) is 41.1 Å². The van der Waals surface area contributed by atoms with Crippen LogP contribution in [0.3, 0.4) is 0 Å². The van der Waals surface area contributed by atoms with Crippen molar-refractivity contribution < 1.29 is 0 Å². The van der Waals surface area contributed by atoms with Gasteiger partial charge in [0.05, 0.1) is 12.2 Å². The molecule has 1 heterocycles. The smallest absolute Gasteiger partial charge is 0.0568 e. The van der Waals surface area contributed by atoms with E-state index in [1.807, 2.05) is 12.3 Å². The second kappa shape index (κ2) is 4.30. The van der Waals surface area contributed by atoms with Gasteiger partial charge in [-0.25, -0.2) is 0 Å². The van der Waals surface area contributed by atoms with Crippen molar-refractivity contribution in [2.75, 3.05) is 0 Å². The second-order valence-electron chi connectivity index (χ2n) is 4.77. The third-order valence-corrected chi connectivity index (χ3v) is 4.20. The molecule has 0 saturated heterocycles. The third-order valence-electron chi connectivity index (χ3n) is 3.51. The lowest BCUT2D eigenvalue weighted by molar-refractivity contribution is 0.440. The van der Waals surface area contributed by atoms with E-state index < -0.39 is 0 Å². The number of nitrogens with zero attached hydrogens (tertiary/aromatic N) is 2. The lowest BCUT2D eigenvalue weighted by Crippen LogP contribution is -2.06. The summed E-state index contributed by atoms with van der Waals surface area (Å²) in [7, 11) is 0. The Morgan fingerprint density at radius 2 is 2.12 bits per heavy atom. The van der Waals surface area contributed by atoms with Crippen LogP contribution in [0.2, 0.25) is 0 Å². The van der Waals surface area contributed by atoms with Crippen LogP contribution in [0.15, 0.2) is 41.1 Å². The fraction of sp³-hybridized carbons (Fsp3) is 0.357. The topological polar surface area (TPSA) is 17.8 Å². The van der Waals surface area contributed by atoms with E-state index in [0.29, 0.717) is 6.04 Å². The van der Waals surface area contributed by atoms with Crippen LogP contribution in [-0.4, -0.2) is 9.78 Å². The normalized spacial score (nSPS) is 17.1. The summed E-state index contributed by atoms with van der Waals surface area (Å²) in [6.07, 6.45) is 6.82. The first kappa shape index (κ1) is 11.0. The molecule has 1 fully saturated rings. The van der Waals surface area contributed by atoms with Crippen molar-refractivity contribution in [3.8, 4) is 11.1 Å². The molecule has 17 heavy (non-hydrogen) atoms. The highest BCUT2D eigenvalue weighted by atomic mass is 79.9. The van der Waals surface area contributed by atoms with E-state index in [-0.39, 0.29) is 0 Å². The fourth-order valence-corrected chi connectivity index (χ4v) is 2.70. The molecule has 3 rings (SSSR count). The van der Waals surface area contributed by atoms with Gasteiger partial charge in [0.1, 0.15) is 0 Å². The SMILES string of the molecule is CC(C1CC1)n1cc(-c2ccccc2Br)cn1. The quantitative estimate of drug-likeness (QED) is 0.825. The van der Waals surface area contributed by atoms with E-state index in [1.54, 1.807) is 0 Å². The summed E-state index contributed by atoms with van der Waals surface area (Å²) in [5.74, 6) is 0.835. The summed E-state index contributed by atoms with van der Waals surface area (Å²) in [6.45, 7) is 2.26. The minimum atomic E-state index is 0.534. The maximum absolute atomic E-state index is 4.49. The Kier molecular flexibility index (Phi) is 2.79. The molecule has 0 N–H and O–H groups in total. The zero-order valence-electron chi connectivity index (χ0n) is 9.81. The molecular weight excluding hydrogens is 276 g/mol. The summed E-state index contributed by atoms with van der Waals surface area (Å²) in [5, 5.41) is 4.49. The van der Waals surface area contributed by atoms with Crippen LogP contribution in [0, 0.1) is 5.92 Å². The summed E-state index contributed by atoms with van der Waals surface area (Å²) < 4.78 is 3.23. The van der Waals surface area contributed by atoms with Crippen molar-refractivity contribution >= 4 is 15.9 Å². The Labute approximate surface area is 110 Å². The van der Waals surface area contributed by atoms with Crippen LogP contribution >= 0.6 is 15.9 Å². The van der Waals surface area contributed by atoms with Crippen LogP contribution in [0.5, 0.6) is 0 Å². The summed E-state index contributed by atoms with van der Waals surface area (Å²) in [6, 6.07) is 8.81. The number of rotatable bonds is 3. The van der Waals surface area contributed by atoms with Gasteiger partial charge in [0, 0.05) is 16.2 Å². The van der Waals surface area contributed by atoms with Gasteiger partial charge in [-0.05, 0) is 37.3 Å². The highest BCUT2D eigenvalue weighted by molar-refractivity contribution is 9.10. The van der Waals surface area contributed by atoms with Gasteiger partial charge in [-0.15, -0.1) is 0 Å². The monoisotopic (exact) mass is 290 g/mol. The minimum Gasteiger partial charge on any atom is -0.269 e. The molecule has 0 bridgehead atoms. The average molecular weight is 291 g/mol. The molecule has 1 aliphatic carbocycles. The highest BCUT2D eigenvalue weighted by Crippen LogP contribution is 2.39. The Balaban J connectivity index is 1.92. The van der Waals surface area contributed by atoms with Crippen molar-refractivity contribution in [1.82, 2.24) is 9.78 Å². The first-order chi connectivity index (χ1) is 8.25. The van der Waals surface area contributed by atoms with Crippen molar-refractivity contribution in [2.45, 2.75) is 25.8 Å². The van der Waals surface area contributed by atoms with Gasteiger partial charge < -0.3 is 0 Å². The molecule has 1 aromatic heterocycles. The van der Waals surface area contributed by atoms with Gasteiger partial charge in [0.2, 0.25) is 0 Å². The third kappa shape index (κ3) is 2.16. The summed E-state index contributed by atoms with van der Waals surface area (Å²) in [5.41, 5.74) is 2.40. The predicted octanol–water partition coefficient (Wildman–Crippen LogP) is 4.28. The van der Waals surface area contributed by atoms with Crippen molar-refractivity contribution in [3.63, 3.8) is 0 Å². The van der Waals surface area contributed by atoms with Crippen molar-refractivity contribution in [2.24, 2.45) is 5.92 Å². The van der Waals surface area contributed by atoms with E-state index in [1.165, 1.54) is 24.0 Å². The van der Waals surface area contributed by atoms with E-state index in [2.05, 4.69) is 57.0 Å². The zero-order chi connectivity index (χ0) is 11.8. The summed E-state index contributed by atoms with van der Waals surface area (Å²) >= 11 is 3.58. The molecule has 1 saturated carbocycles. The van der Waals surface area contributed by atoms with Gasteiger partial charge >= 0.3 is 0 Å². The predicted molar refractivity (Wildman–Crippen MR) is 72.8 cm³/mol. The molecule has 0 radical (unpaired) electrons. The lowest BCUT2D eigenvalue weighted by atomic mass is 10.1.